The largest absolute Gasteiger partial charge is 0.359 e. The first-order valence-electron chi connectivity index (χ1n) is 5.54. The molecule has 88 valence electrons. The van der Waals surface area contributed by atoms with Crippen LogP contribution in [0.25, 0.3) is 0 Å². The molecule has 2 N–H and O–H groups in total. The van der Waals surface area contributed by atoms with Crippen molar-refractivity contribution in [1.82, 2.24) is 4.90 Å². The van der Waals surface area contributed by atoms with E-state index < -0.39 is 5.60 Å². The minimum Gasteiger partial charge on any atom is -0.359 e. The Bertz CT molecular complexity index is 239. The van der Waals surface area contributed by atoms with Crippen LogP contribution in [0.2, 0.25) is 0 Å². The first kappa shape index (κ1) is 12.5. The zero-order valence-electron chi connectivity index (χ0n) is 10.1. The second-order valence-corrected chi connectivity index (χ2v) is 5.09. The molecule has 4 nitrogen and oxygen atoms in total. The molecule has 1 fully saturated rings. The lowest BCUT2D eigenvalue weighted by atomic mass is 10.0. The van der Waals surface area contributed by atoms with Crippen molar-refractivity contribution in [3.63, 3.8) is 0 Å². The lowest BCUT2D eigenvalue weighted by molar-refractivity contribution is -0.178. The molecule has 0 radical (unpaired) electrons. The molecule has 0 aliphatic carbocycles. The highest BCUT2D eigenvalue weighted by molar-refractivity contribution is 5.85. The summed E-state index contributed by atoms with van der Waals surface area (Å²) in [6, 6.07) is 0. The van der Waals surface area contributed by atoms with E-state index in [1.807, 2.05) is 18.7 Å². The average Bonchev–Trinajstić information content (AvgIpc) is 2.11. The summed E-state index contributed by atoms with van der Waals surface area (Å²) >= 11 is 0. The number of nitrogens with zero attached hydrogens (tertiary/aromatic N) is 1. The molecule has 1 atom stereocenters. The van der Waals surface area contributed by atoms with Crippen LogP contribution in [0.15, 0.2) is 0 Å². The van der Waals surface area contributed by atoms with E-state index >= 15 is 0 Å². The lowest BCUT2D eigenvalue weighted by Gasteiger charge is -2.42. The summed E-state index contributed by atoms with van der Waals surface area (Å²) < 4.78 is 5.63. The number of carbonyl (C=O) groups is 1. The number of hydrogen-bond donors (Lipinski definition) is 1. The van der Waals surface area contributed by atoms with Gasteiger partial charge in [-0.2, -0.15) is 0 Å². The molecule has 0 bridgehead atoms. The maximum absolute atomic E-state index is 12.0. The van der Waals surface area contributed by atoms with Crippen LogP contribution < -0.4 is 5.73 Å². The molecule has 1 aliphatic heterocycles. The predicted octanol–water partition coefficient (Wildman–Crippen LogP) is 0.607. The van der Waals surface area contributed by atoms with Gasteiger partial charge in [-0.05, 0) is 19.8 Å². The van der Waals surface area contributed by atoms with Gasteiger partial charge in [-0.25, -0.2) is 0 Å². The van der Waals surface area contributed by atoms with E-state index in [2.05, 4.69) is 13.8 Å². The maximum Gasteiger partial charge on any atom is 0.254 e. The summed E-state index contributed by atoms with van der Waals surface area (Å²) in [4.78, 5) is 13.9. The van der Waals surface area contributed by atoms with Gasteiger partial charge in [0.05, 0.1) is 6.10 Å². The standard InChI is InChI=1S/C11H22N2O2/c1-8(2)6-13-7-9(5-12)15-11(3,4)10(13)14/h8-9H,5-7,12H2,1-4H3. The summed E-state index contributed by atoms with van der Waals surface area (Å²) in [5, 5.41) is 0. The molecule has 1 rings (SSSR count). The summed E-state index contributed by atoms with van der Waals surface area (Å²) in [5.74, 6) is 0.544. The smallest absolute Gasteiger partial charge is 0.254 e. The van der Waals surface area contributed by atoms with Crippen molar-refractivity contribution >= 4 is 5.91 Å². The fraction of sp³-hybridized carbons (Fsp3) is 0.909. The van der Waals surface area contributed by atoms with Crippen molar-refractivity contribution in [2.24, 2.45) is 11.7 Å². The average molecular weight is 214 g/mol. The molecular formula is C11H22N2O2. The number of morpholine rings is 1. The van der Waals surface area contributed by atoms with E-state index in [1.165, 1.54) is 0 Å². The van der Waals surface area contributed by atoms with Gasteiger partial charge < -0.3 is 15.4 Å². The maximum atomic E-state index is 12.0. The molecule has 15 heavy (non-hydrogen) atoms. The second kappa shape index (κ2) is 4.49. The zero-order chi connectivity index (χ0) is 11.6. The minimum atomic E-state index is -0.725. The van der Waals surface area contributed by atoms with Crippen molar-refractivity contribution in [2.45, 2.75) is 39.4 Å². The Hall–Kier alpha value is -0.610. The molecule has 0 spiro atoms. The molecular weight excluding hydrogens is 192 g/mol. The topological polar surface area (TPSA) is 55.6 Å². The van der Waals surface area contributed by atoms with Gasteiger partial charge in [0.1, 0.15) is 5.60 Å². The molecule has 1 saturated heterocycles. The van der Waals surface area contributed by atoms with E-state index in [4.69, 9.17) is 10.5 Å². The number of rotatable bonds is 3. The van der Waals surface area contributed by atoms with Crippen molar-refractivity contribution in [3.8, 4) is 0 Å². The number of amides is 1. The Kier molecular flexibility index (Phi) is 3.73. The first-order chi connectivity index (χ1) is 6.86. The molecule has 1 unspecified atom stereocenters. The van der Waals surface area contributed by atoms with Crippen LogP contribution in [0.4, 0.5) is 0 Å². The van der Waals surface area contributed by atoms with Gasteiger partial charge in [0.25, 0.3) is 5.91 Å². The summed E-state index contributed by atoms with van der Waals surface area (Å²) in [7, 11) is 0. The Morgan fingerprint density at radius 3 is 2.67 bits per heavy atom. The Morgan fingerprint density at radius 1 is 1.60 bits per heavy atom. The van der Waals surface area contributed by atoms with E-state index in [9.17, 15) is 4.79 Å². The van der Waals surface area contributed by atoms with Crippen molar-refractivity contribution in [1.29, 1.82) is 0 Å². The number of carbonyl (C=O) groups excluding carboxylic acids is 1. The third-order valence-electron chi connectivity index (χ3n) is 2.54. The Balaban J connectivity index is 2.73. The first-order valence-corrected chi connectivity index (χ1v) is 5.54. The second-order valence-electron chi connectivity index (χ2n) is 5.09. The lowest BCUT2D eigenvalue weighted by Crippen LogP contribution is -2.59. The van der Waals surface area contributed by atoms with Crippen LogP contribution >= 0.6 is 0 Å². The Morgan fingerprint density at radius 2 is 2.20 bits per heavy atom. The van der Waals surface area contributed by atoms with Crippen LogP contribution in [0.1, 0.15) is 27.7 Å². The fourth-order valence-corrected chi connectivity index (χ4v) is 1.93. The van der Waals surface area contributed by atoms with Gasteiger partial charge in [0, 0.05) is 19.6 Å². The van der Waals surface area contributed by atoms with Crippen molar-refractivity contribution < 1.29 is 9.53 Å². The van der Waals surface area contributed by atoms with Gasteiger partial charge >= 0.3 is 0 Å². The van der Waals surface area contributed by atoms with Gasteiger partial charge in [-0.3, -0.25) is 4.79 Å². The van der Waals surface area contributed by atoms with Crippen LogP contribution in [-0.2, 0) is 9.53 Å². The van der Waals surface area contributed by atoms with Gasteiger partial charge in [0.2, 0.25) is 0 Å². The minimum absolute atomic E-state index is 0.0311. The van der Waals surface area contributed by atoms with Crippen molar-refractivity contribution in [3.05, 3.63) is 0 Å². The van der Waals surface area contributed by atoms with E-state index in [0.29, 0.717) is 19.0 Å². The summed E-state index contributed by atoms with van der Waals surface area (Å²) in [6.45, 7) is 9.69. The summed E-state index contributed by atoms with van der Waals surface area (Å²) in [5.41, 5.74) is 4.87. The highest BCUT2D eigenvalue weighted by Gasteiger charge is 2.40. The van der Waals surface area contributed by atoms with Crippen LogP contribution in [0.5, 0.6) is 0 Å². The highest BCUT2D eigenvalue weighted by Crippen LogP contribution is 2.22. The summed E-state index contributed by atoms with van der Waals surface area (Å²) in [6.07, 6.45) is -0.0311. The predicted molar refractivity (Wildman–Crippen MR) is 59.4 cm³/mol. The van der Waals surface area contributed by atoms with Crippen LogP contribution in [0, 0.1) is 5.92 Å². The van der Waals surface area contributed by atoms with E-state index in [0.717, 1.165) is 6.54 Å². The van der Waals surface area contributed by atoms with E-state index in [1.54, 1.807) is 0 Å². The molecule has 0 aromatic rings. The van der Waals surface area contributed by atoms with Crippen molar-refractivity contribution in [2.75, 3.05) is 19.6 Å². The van der Waals surface area contributed by atoms with Gasteiger partial charge in [-0.15, -0.1) is 0 Å². The number of nitrogens with two attached hydrogens (primary N) is 1. The molecule has 0 saturated carbocycles. The third-order valence-corrected chi connectivity index (χ3v) is 2.54. The number of hydrogen-bond acceptors (Lipinski definition) is 3. The van der Waals surface area contributed by atoms with Crippen LogP contribution in [-0.4, -0.2) is 42.1 Å². The van der Waals surface area contributed by atoms with E-state index in [-0.39, 0.29) is 12.0 Å². The molecule has 1 heterocycles. The normalized spacial score (nSPS) is 26.1. The zero-order valence-corrected chi connectivity index (χ0v) is 10.1. The Labute approximate surface area is 91.8 Å². The highest BCUT2D eigenvalue weighted by atomic mass is 16.5. The van der Waals surface area contributed by atoms with Gasteiger partial charge in [-0.1, -0.05) is 13.8 Å². The van der Waals surface area contributed by atoms with Crippen LogP contribution in [0.3, 0.4) is 0 Å². The number of ether oxygens (including phenoxy) is 1. The molecule has 1 aliphatic rings. The third kappa shape index (κ3) is 2.92. The fourth-order valence-electron chi connectivity index (χ4n) is 1.93. The SMILES string of the molecule is CC(C)CN1CC(CN)OC(C)(C)C1=O. The molecule has 4 heteroatoms. The monoisotopic (exact) mass is 214 g/mol. The molecule has 0 aromatic heterocycles. The van der Waals surface area contributed by atoms with Gasteiger partial charge in [0.15, 0.2) is 0 Å². The quantitative estimate of drug-likeness (QED) is 0.749. The molecule has 0 aromatic carbocycles. The molecule has 1 amide bonds.